The Morgan fingerprint density at radius 2 is 1.75 bits per heavy atom. The van der Waals surface area contributed by atoms with Crippen LogP contribution in [0.3, 0.4) is 0 Å². The molecule has 0 aliphatic carbocycles. The van der Waals surface area contributed by atoms with Crippen molar-refractivity contribution in [2.24, 2.45) is 0 Å². The Kier molecular flexibility index (Phi) is 3.43. The SMILES string of the molecule is COc1ccc(-n2nc(C(=O)O)c(C(=O)O)c2C)cc1. The Bertz CT molecular complexity index is 673. The van der Waals surface area contributed by atoms with Gasteiger partial charge in [-0.3, -0.25) is 0 Å². The minimum absolute atomic E-state index is 0.250. The third-order valence-corrected chi connectivity index (χ3v) is 2.85. The molecule has 0 aliphatic rings. The number of rotatable bonds is 4. The first-order chi connectivity index (χ1) is 9.45. The fourth-order valence-corrected chi connectivity index (χ4v) is 1.88. The summed E-state index contributed by atoms with van der Waals surface area (Å²) in [6.07, 6.45) is 0. The van der Waals surface area contributed by atoms with E-state index in [0.717, 1.165) is 0 Å². The van der Waals surface area contributed by atoms with Crippen LogP contribution in [0.25, 0.3) is 5.69 Å². The van der Waals surface area contributed by atoms with Crippen LogP contribution in [0.5, 0.6) is 5.75 Å². The second-order valence-corrected chi connectivity index (χ2v) is 4.03. The summed E-state index contributed by atoms with van der Waals surface area (Å²) >= 11 is 0. The van der Waals surface area contributed by atoms with Gasteiger partial charge in [-0.15, -0.1) is 0 Å². The van der Waals surface area contributed by atoms with Gasteiger partial charge in [-0.2, -0.15) is 5.10 Å². The van der Waals surface area contributed by atoms with Crippen molar-refractivity contribution < 1.29 is 24.5 Å². The highest BCUT2D eigenvalue weighted by molar-refractivity contribution is 6.01. The van der Waals surface area contributed by atoms with E-state index in [0.29, 0.717) is 11.4 Å². The summed E-state index contributed by atoms with van der Waals surface area (Å²) in [4.78, 5) is 22.2. The molecule has 0 spiro atoms. The van der Waals surface area contributed by atoms with Crippen LogP contribution < -0.4 is 4.74 Å². The van der Waals surface area contributed by atoms with E-state index in [1.54, 1.807) is 24.3 Å². The summed E-state index contributed by atoms with van der Waals surface area (Å²) in [7, 11) is 1.53. The maximum atomic E-state index is 11.2. The van der Waals surface area contributed by atoms with Gasteiger partial charge in [-0.1, -0.05) is 0 Å². The third-order valence-electron chi connectivity index (χ3n) is 2.85. The van der Waals surface area contributed by atoms with Crippen molar-refractivity contribution in [2.75, 3.05) is 7.11 Å². The summed E-state index contributed by atoms with van der Waals surface area (Å²) in [5, 5.41) is 22.0. The van der Waals surface area contributed by atoms with Gasteiger partial charge < -0.3 is 14.9 Å². The molecular weight excluding hydrogens is 264 g/mol. The molecule has 0 bridgehead atoms. The van der Waals surface area contributed by atoms with Crippen molar-refractivity contribution >= 4 is 11.9 Å². The van der Waals surface area contributed by atoms with Crippen molar-refractivity contribution in [3.05, 3.63) is 41.2 Å². The Morgan fingerprint density at radius 1 is 1.15 bits per heavy atom. The number of aromatic nitrogens is 2. The molecule has 0 atom stereocenters. The van der Waals surface area contributed by atoms with Gasteiger partial charge in [0.25, 0.3) is 0 Å². The standard InChI is InChI=1S/C13H12N2O5/c1-7-10(12(16)17)11(13(18)19)14-15(7)8-3-5-9(20-2)6-4-8/h3-6H,1-2H3,(H,16,17)(H,18,19). The molecule has 20 heavy (non-hydrogen) atoms. The second kappa shape index (κ2) is 5.04. The van der Waals surface area contributed by atoms with Crippen molar-refractivity contribution in [1.82, 2.24) is 9.78 Å². The number of ether oxygens (including phenoxy) is 1. The summed E-state index contributed by atoms with van der Waals surface area (Å²) < 4.78 is 6.31. The lowest BCUT2D eigenvalue weighted by Gasteiger charge is -2.05. The van der Waals surface area contributed by atoms with Gasteiger partial charge in [0.15, 0.2) is 5.69 Å². The van der Waals surface area contributed by atoms with E-state index in [1.165, 1.54) is 18.7 Å². The van der Waals surface area contributed by atoms with E-state index in [1.807, 2.05) is 0 Å². The van der Waals surface area contributed by atoms with E-state index in [9.17, 15) is 9.59 Å². The van der Waals surface area contributed by atoms with Crippen LogP contribution in [0.2, 0.25) is 0 Å². The highest BCUT2D eigenvalue weighted by Gasteiger charge is 2.25. The Morgan fingerprint density at radius 3 is 2.15 bits per heavy atom. The van der Waals surface area contributed by atoms with Crippen LogP contribution in [0, 0.1) is 6.92 Å². The van der Waals surface area contributed by atoms with Crippen LogP contribution in [0.4, 0.5) is 0 Å². The van der Waals surface area contributed by atoms with Gasteiger partial charge in [0.2, 0.25) is 0 Å². The molecule has 1 aromatic carbocycles. The van der Waals surface area contributed by atoms with Gasteiger partial charge in [-0.05, 0) is 31.2 Å². The smallest absolute Gasteiger partial charge is 0.357 e. The minimum atomic E-state index is -1.38. The first kappa shape index (κ1) is 13.6. The summed E-state index contributed by atoms with van der Waals surface area (Å²) in [5.41, 5.74) is 0.0116. The number of methoxy groups -OCH3 is 1. The van der Waals surface area contributed by atoms with E-state index < -0.39 is 17.6 Å². The molecule has 7 heteroatoms. The molecule has 0 amide bonds. The fourth-order valence-electron chi connectivity index (χ4n) is 1.88. The van der Waals surface area contributed by atoms with Crippen molar-refractivity contribution in [1.29, 1.82) is 0 Å². The van der Waals surface area contributed by atoms with Crippen molar-refractivity contribution in [2.45, 2.75) is 6.92 Å². The molecule has 7 nitrogen and oxygen atoms in total. The van der Waals surface area contributed by atoms with Crippen molar-refractivity contribution in [3.8, 4) is 11.4 Å². The van der Waals surface area contributed by atoms with Crippen LogP contribution in [-0.2, 0) is 0 Å². The number of hydrogen-bond acceptors (Lipinski definition) is 4. The molecule has 104 valence electrons. The minimum Gasteiger partial charge on any atom is -0.497 e. The number of carboxylic acids is 2. The van der Waals surface area contributed by atoms with Gasteiger partial charge >= 0.3 is 11.9 Å². The van der Waals surface area contributed by atoms with Gasteiger partial charge in [-0.25, -0.2) is 14.3 Å². The van der Waals surface area contributed by atoms with Crippen molar-refractivity contribution in [3.63, 3.8) is 0 Å². The normalized spacial score (nSPS) is 10.3. The largest absolute Gasteiger partial charge is 0.497 e. The number of nitrogens with zero attached hydrogens (tertiary/aromatic N) is 2. The second-order valence-electron chi connectivity index (χ2n) is 4.03. The van der Waals surface area contributed by atoms with E-state index in [-0.39, 0.29) is 11.3 Å². The molecule has 2 aromatic rings. The summed E-state index contributed by atoms with van der Waals surface area (Å²) in [6, 6.07) is 6.68. The lowest BCUT2D eigenvalue weighted by atomic mass is 10.2. The highest BCUT2D eigenvalue weighted by atomic mass is 16.5. The molecule has 2 rings (SSSR count). The lowest BCUT2D eigenvalue weighted by molar-refractivity contribution is 0.0648. The number of benzene rings is 1. The topological polar surface area (TPSA) is 102 Å². The van der Waals surface area contributed by atoms with Crippen LogP contribution >= 0.6 is 0 Å². The molecule has 2 N–H and O–H groups in total. The molecule has 0 radical (unpaired) electrons. The number of hydrogen-bond donors (Lipinski definition) is 2. The van der Waals surface area contributed by atoms with Gasteiger partial charge in [0.05, 0.1) is 18.5 Å². The molecule has 0 unspecified atom stereocenters. The maximum Gasteiger partial charge on any atom is 0.357 e. The fraction of sp³-hybridized carbons (Fsp3) is 0.154. The molecule has 0 saturated carbocycles. The lowest BCUT2D eigenvalue weighted by Crippen LogP contribution is -2.07. The zero-order valence-electron chi connectivity index (χ0n) is 10.8. The molecular formula is C13H12N2O5. The first-order valence-electron chi connectivity index (χ1n) is 5.66. The van der Waals surface area contributed by atoms with Crippen LogP contribution in [-0.4, -0.2) is 39.0 Å². The van der Waals surface area contributed by atoms with E-state index in [2.05, 4.69) is 5.10 Å². The summed E-state index contributed by atoms with van der Waals surface area (Å²) in [6.45, 7) is 1.51. The Hall–Kier alpha value is -2.83. The third kappa shape index (κ3) is 2.20. The predicted molar refractivity (Wildman–Crippen MR) is 68.8 cm³/mol. The van der Waals surface area contributed by atoms with Gasteiger partial charge in [0, 0.05) is 0 Å². The van der Waals surface area contributed by atoms with Crippen LogP contribution in [0.15, 0.2) is 24.3 Å². The first-order valence-corrected chi connectivity index (χ1v) is 5.66. The maximum absolute atomic E-state index is 11.2. The molecule has 0 fully saturated rings. The van der Waals surface area contributed by atoms with E-state index in [4.69, 9.17) is 14.9 Å². The average Bonchev–Trinajstić information content (AvgIpc) is 2.77. The Labute approximate surface area is 114 Å². The number of carbonyl (C=O) groups is 2. The quantitative estimate of drug-likeness (QED) is 0.879. The highest BCUT2D eigenvalue weighted by Crippen LogP contribution is 2.20. The van der Waals surface area contributed by atoms with E-state index >= 15 is 0 Å². The molecule has 0 saturated heterocycles. The van der Waals surface area contributed by atoms with Gasteiger partial charge in [0.1, 0.15) is 11.3 Å². The van der Waals surface area contributed by atoms with Crippen LogP contribution in [0.1, 0.15) is 26.5 Å². The average molecular weight is 276 g/mol. The molecule has 0 aliphatic heterocycles. The number of carboxylic acid groups (broad SMARTS) is 2. The molecule has 1 heterocycles. The predicted octanol–water partition coefficient (Wildman–Crippen LogP) is 1.59. The number of aromatic carboxylic acids is 2. The summed E-state index contributed by atoms with van der Waals surface area (Å²) in [5.74, 6) is -2.06. The monoisotopic (exact) mass is 276 g/mol. The zero-order valence-corrected chi connectivity index (χ0v) is 10.8. The Balaban J connectivity index is 2.59. The zero-order chi connectivity index (χ0) is 14.9. The molecule has 1 aromatic heterocycles.